The minimum absolute atomic E-state index is 0.215. The van der Waals surface area contributed by atoms with Crippen molar-refractivity contribution in [2.75, 3.05) is 5.32 Å². The SMILES string of the molecule is Cc1cc(C(=O)Nc2nc3c(s2)-c2cccc4cccc-3c24)nn1C(C)C. The van der Waals surface area contributed by atoms with Crippen molar-refractivity contribution < 1.29 is 4.79 Å². The molecule has 0 radical (unpaired) electrons. The summed E-state index contributed by atoms with van der Waals surface area (Å²) in [6.07, 6.45) is 0. The molecule has 0 unspecified atom stereocenters. The van der Waals surface area contributed by atoms with Crippen LogP contribution >= 0.6 is 11.3 Å². The van der Waals surface area contributed by atoms with Gasteiger partial charge in [-0.05, 0) is 37.6 Å². The summed E-state index contributed by atoms with van der Waals surface area (Å²) < 4.78 is 1.85. The first-order chi connectivity index (χ1) is 13.0. The van der Waals surface area contributed by atoms with Crippen LogP contribution in [0, 0.1) is 6.92 Å². The fourth-order valence-corrected chi connectivity index (χ4v) is 4.76. The Bertz CT molecular complexity index is 1160. The molecule has 4 aromatic rings. The van der Waals surface area contributed by atoms with Crippen molar-refractivity contribution in [1.82, 2.24) is 14.8 Å². The molecule has 5 rings (SSSR count). The van der Waals surface area contributed by atoms with E-state index in [-0.39, 0.29) is 11.9 Å². The smallest absolute Gasteiger partial charge is 0.277 e. The first kappa shape index (κ1) is 16.2. The second-order valence-electron chi connectivity index (χ2n) is 7.07. The highest BCUT2D eigenvalue weighted by molar-refractivity contribution is 7.20. The van der Waals surface area contributed by atoms with Gasteiger partial charge in [-0.25, -0.2) is 4.98 Å². The molecule has 0 bridgehead atoms. The number of aryl methyl sites for hydroxylation is 1. The quantitative estimate of drug-likeness (QED) is 0.467. The summed E-state index contributed by atoms with van der Waals surface area (Å²) in [6, 6.07) is 14.6. The minimum atomic E-state index is -0.226. The Labute approximate surface area is 160 Å². The lowest BCUT2D eigenvalue weighted by Gasteiger charge is -2.06. The third-order valence-corrected chi connectivity index (χ3v) is 5.90. The van der Waals surface area contributed by atoms with Crippen LogP contribution in [0.3, 0.4) is 0 Å². The van der Waals surface area contributed by atoms with Crippen LogP contribution in [0.5, 0.6) is 0 Å². The van der Waals surface area contributed by atoms with Gasteiger partial charge in [0.25, 0.3) is 5.91 Å². The number of amides is 1. The Morgan fingerprint density at radius 3 is 2.59 bits per heavy atom. The number of anilines is 1. The molecule has 2 heterocycles. The predicted octanol–water partition coefficient (Wildman–Crippen LogP) is 5.28. The minimum Gasteiger partial charge on any atom is -0.296 e. The third-order valence-electron chi connectivity index (χ3n) is 4.90. The summed E-state index contributed by atoms with van der Waals surface area (Å²) in [5.74, 6) is -0.226. The fraction of sp³-hybridized carbons (Fsp3) is 0.190. The third kappa shape index (κ3) is 2.40. The summed E-state index contributed by atoms with van der Waals surface area (Å²) in [5, 5.41) is 10.4. The van der Waals surface area contributed by atoms with Crippen LogP contribution in [-0.4, -0.2) is 20.7 Å². The van der Waals surface area contributed by atoms with Gasteiger partial charge in [0, 0.05) is 22.9 Å². The molecule has 0 saturated carbocycles. The summed E-state index contributed by atoms with van der Waals surface area (Å²) in [4.78, 5) is 18.5. The molecule has 0 saturated heterocycles. The van der Waals surface area contributed by atoms with E-state index >= 15 is 0 Å². The number of fused-ring (bicyclic) bond motifs is 3. The van der Waals surface area contributed by atoms with Crippen molar-refractivity contribution in [3.8, 4) is 21.7 Å². The van der Waals surface area contributed by atoms with Crippen LogP contribution in [0.25, 0.3) is 32.5 Å². The second-order valence-corrected chi connectivity index (χ2v) is 8.07. The van der Waals surface area contributed by atoms with Gasteiger partial charge < -0.3 is 0 Å². The van der Waals surface area contributed by atoms with Crippen molar-refractivity contribution in [2.45, 2.75) is 26.8 Å². The van der Waals surface area contributed by atoms with Gasteiger partial charge in [0.2, 0.25) is 0 Å². The molecular weight excluding hydrogens is 356 g/mol. The number of rotatable bonds is 3. The highest BCUT2D eigenvalue weighted by Crippen LogP contribution is 2.50. The summed E-state index contributed by atoms with van der Waals surface area (Å²) >= 11 is 1.51. The maximum Gasteiger partial charge on any atom is 0.277 e. The molecule has 0 atom stereocenters. The van der Waals surface area contributed by atoms with E-state index in [9.17, 15) is 4.79 Å². The van der Waals surface area contributed by atoms with Crippen LogP contribution < -0.4 is 5.32 Å². The van der Waals surface area contributed by atoms with Gasteiger partial charge in [-0.15, -0.1) is 0 Å². The highest BCUT2D eigenvalue weighted by Gasteiger charge is 2.26. The molecule has 2 aromatic heterocycles. The van der Waals surface area contributed by atoms with E-state index in [0.29, 0.717) is 10.8 Å². The van der Waals surface area contributed by atoms with Crippen LogP contribution in [0.15, 0.2) is 42.5 Å². The van der Waals surface area contributed by atoms with Gasteiger partial charge in [0.1, 0.15) is 0 Å². The summed E-state index contributed by atoms with van der Waals surface area (Å²) in [7, 11) is 0. The molecule has 134 valence electrons. The average molecular weight is 374 g/mol. The zero-order chi connectivity index (χ0) is 18.7. The number of thiazole rings is 1. The van der Waals surface area contributed by atoms with Crippen LogP contribution in [0.2, 0.25) is 0 Å². The van der Waals surface area contributed by atoms with E-state index < -0.39 is 0 Å². The average Bonchev–Trinajstić information content (AvgIpc) is 3.31. The van der Waals surface area contributed by atoms with E-state index in [2.05, 4.69) is 46.8 Å². The number of hydrogen-bond donors (Lipinski definition) is 1. The Morgan fingerprint density at radius 1 is 1.15 bits per heavy atom. The molecular formula is C21H18N4OS. The summed E-state index contributed by atoms with van der Waals surface area (Å²) in [6.45, 7) is 6.05. The first-order valence-electron chi connectivity index (χ1n) is 8.94. The van der Waals surface area contributed by atoms with Crippen molar-refractivity contribution in [1.29, 1.82) is 0 Å². The topological polar surface area (TPSA) is 59.8 Å². The Balaban J connectivity index is 1.49. The Kier molecular flexibility index (Phi) is 3.45. The highest BCUT2D eigenvalue weighted by atomic mass is 32.1. The van der Waals surface area contributed by atoms with Gasteiger partial charge in [0.15, 0.2) is 10.8 Å². The van der Waals surface area contributed by atoms with Crippen molar-refractivity contribution in [3.05, 3.63) is 53.9 Å². The van der Waals surface area contributed by atoms with E-state index in [1.807, 2.05) is 31.5 Å². The second kappa shape index (κ2) is 5.76. The Morgan fingerprint density at radius 2 is 1.89 bits per heavy atom. The zero-order valence-electron chi connectivity index (χ0n) is 15.3. The largest absolute Gasteiger partial charge is 0.296 e. The van der Waals surface area contributed by atoms with Crippen molar-refractivity contribution in [2.24, 2.45) is 0 Å². The number of nitrogens with zero attached hydrogens (tertiary/aromatic N) is 3. The van der Waals surface area contributed by atoms with E-state index in [1.54, 1.807) is 0 Å². The van der Waals surface area contributed by atoms with E-state index in [0.717, 1.165) is 21.8 Å². The molecule has 1 N–H and O–H groups in total. The molecule has 0 spiro atoms. The van der Waals surface area contributed by atoms with E-state index in [1.165, 1.54) is 27.7 Å². The molecule has 2 aromatic carbocycles. The fourth-order valence-electron chi connectivity index (χ4n) is 3.75. The maximum absolute atomic E-state index is 12.6. The summed E-state index contributed by atoms with van der Waals surface area (Å²) in [5.41, 5.74) is 4.66. The predicted molar refractivity (Wildman–Crippen MR) is 109 cm³/mol. The Hall–Kier alpha value is -2.99. The lowest BCUT2D eigenvalue weighted by Crippen LogP contribution is -2.13. The molecule has 1 aliphatic rings. The van der Waals surface area contributed by atoms with Crippen LogP contribution in [-0.2, 0) is 0 Å². The normalized spacial score (nSPS) is 12.0. The van der Waals surface area contributed by atoms with Gasteiger partial charge >= 0.3 is 0 Å². The van der Waals surface area contributed by atoms with Crippen LogP contribution in [0.4, 0.5) is 5.13 Å². The number of benzene rings is 2. The van der Waals surface area contributed by atoms with Gasteiger partial charge in [-0.3, -0.25) is 14.8 Å². The maximum atomic E-state index is 12.6. The number of nitrogens with one attached hydrogen (secondary N) is 1. The molecule has 5 nitrogen and oxygen atoms in total. The van der Waals surface area contributed by atoms with Gasteiger partial charge in [-0.2, -0.15) is 5.10 Å². The molecule has 0 aliphatic heterocycles. The van der Waals surface area contributed by atoms with Gasteiger partial charge in [0.05, 0.1) is 10.6 Å². The first-order valence-corrected chi connectivity index (χ1v) is 9.75. The molecule has 1 aliphatic carbocycles. The monoisotopic (exact) mass is 374 g/mol. The lowest BCUT2D eigenvalue weighted by molar-refractivity contribution is 0.102. The molecule has 1 amide bonds. The number of carbonyl (C=O) groups is 1. The van der Waals surface area contributed by atoms with E-state index in [4.69, 9.17) is 4.98 Å². The number of aromatic nitrogens is 3. The van der Waals surface area contributed by atoms with Crippen LogP contribution in [0.1, 0.15) is 36.1 Å². The molecule has 0 fully saturated rings. The van der Waals surface area contributed by atoms with Crippen molar-refractivity contribution >= 4 is 33.1 Å². The number of carbonyl (C=O) groups excluding carboxylic acids is 1. The zero-order valence-corrected chi connectivity index (χ0v) is 16.1. The number of hydrogen-bond acceptors (Lipinski definition) is 4. The standard InChI is InChI=1S/C21H18N4OS/c1-11(2)25-12(3)10-16(24-25)20(26)23-21-22-18-14-8-4-6-13-7-5-9-15(17(13)14)19(18)27-21/h4-11H,1-3H3,(H,22,23,26). The molecule has 6 heteroatoms. The van der Waals surface area contributed by atoms with Gasteiger partial charge in [-0.1, -0.05) is 47.7 Å². The lowest BCUT2D eigenvalue weighted by atomic mass is 10.0. The van der Waals surface area contributed by atoms with Crippen molar-refractivity contribution in [3.63, 3.8) is 0 Å². The molecule has 27 heavy (non-hydrogen) atoms.